The zero-order valence-electron chi connectivity index (χ0n) is 14.9. The molecule has 28 heavy (non-hydrogen) atoms. The molecule has 1 atom stereocenters. The van der Waals surface area contributed by atoms with Crippen molar-refractivity contribution >= 4 is 23.3 Å². The fourth-order valence-electron chi connectivity index (χ4n) is 2.96. The van der Waals surface area contributed by atoms with E-state index in [1.807, 2.05) is 0 Å². The maximum atomic E-state index is 12.8. The molecule has 1 aliphatic rings. The van der Waals surface area contributed by atoms with Crippen LogP contribution in [0, 0.1) is 0 Å². The summed E-state index contributed by atoms with van der Waals surface area (Å²) in [5.41, 5.74) is -0.196. The van der Waals surface area contributed by atoms with Crippen molar-refractivity contribution in [3.8, 4) is 5.75 Å². The summed E-state index contributed by atoms with van der Waals surface area (Å²) >= 11 is 0. The molecule has 0 aliphatic carbocycles. The minimum Gasteiger partial charge on any atom is -0.497 e. The summed E-state index contributed by atoms with van der Waals surface area (Å²) in [4.78, 5) is 25.9. The summed E-state index contributed by atoms with van der Waals surface area (Å²) in [6.07, 6.45) is -4.41. The predicted octanol–water partition coefficient (Wildman–Crippen LogP) is 3.64. The second kappa shape index (κ2) is 7.79. The summed E-state index contributed by atoms with van der Waals surface area (Å²) in [5, 5.41) is 4.99. The van der Waals surface area contributed by atoms with Crippen LogP contribution in [-0.2, 0) is 11.0 Å². The minimum atomic E-state index is -4.50. The fraction of sp³-hybridized carbons (Fsp3) is 0.263. The van der Waals surface area contributed by atoms with Crippen molar-refractivity contribution in [3.05, 3.63) is 54.1 Å². The van der Waals surface area contributed by atoms with Gasteiger partial charge in [0.05, 0.1) is 18.7 Å². The Hall–Kier alpha value is -3.23. The van der Waals surface area contributed by atoms with E-state index in [0.717, 1.165) is 12.1 Å². The molecule has 2 aromatic carbocycles. The van der Waals surface area contributed by atoms with Gasteiger partial charge in [-0.25, -0.2) is 4.79 Å². The molecule has 0 saturated carbocycles. The van der Waals surface area contributed by atoms with Gasteiger partial charge < -0.3 is 20.3 Å². The number of rotatable bonds is 4. The number of carbonyl (C=O) groups is 2. The van der Waals surface area contributed by atoms with Gasteiger partial charge in [-0.15, -0.1) is 0 Å². The number of amides is 3. The molecule has 0 aromatic heterocycles. The molecular weight excluding hydrogens is 375 g/mol. The van der Waals surface area contributed by atoms with Gasteiger partial charge in [0.15, 0.2) is 0 Å². The number of hydrogen-bond acceptors (Lipinski definition) is 3. The van der Waals surface area contributed by atoms with Crippen LogP contribution in [0.25, 0.3) is 0 Å². The first-order chi connectivity index (χ1) is 13.3. The van der Waals surface area contributed by atoms with E-state index in [4.69, 9.17) is 4.74 Å². The quantitative estimate of drug-likeness (QED) is 0.833. The van der Waals surface area contributed by atoms with Gasteiger partial charge in [-0.1, -0.05) is 12.1 Å². The van der Waals surface area contributed by atoms with E-state index in [2.05, 4.69) is 10.6 Å². The topological polar surface area (TPSA) is 70.7 Å². The smallest absolute Gasteiger partial charge is 0.416 e. The van der Waals surface area contributed by atoms with Crippen LogP contribution in [0.4, 0.5) is 29.3 Å². The highest BCUT2D eigenvalue weighted by Crippen LogP contribution is 2.30. The first-order valence-electron chi connectivity index (χ1n) is 8.45. The van der Waals surface area contributed by atoms with E-state index in [0.29, 0.717) is 11.4 Å². The second-order valence-corrected chi connectivity index (χ2v) is 6.28. The Morgan fingerprint density at radius 1 is 1.18 bits per heavy atom. The van der Waals surface area contributed by atoms with Crippen LogP contribution < -0.4 is 20.3 Å². The third-order valence-electron chi connectivity index (χ3n) is 4.27. The molecule has 0 spiro atoms. The molecule has 6 nitrogen and oxygen atoms in total. The maximum absolute atomic E-state index is 12.8. The van der Waals surface area contributed by atoms with Crippen LogP contribution >= 0.6 is 0 Å². The standard InChI is InChI=1S/C19H18F3N3O3/c1-28-16-7-3-6-15(10-16)25-11-14(9-17(25)26)24-18(27)23-13-5-2-4-12(8-13)19(20,21)22/h2-8,10,14H,9,11H2,1H3,(H2,23,24,27)/t14-/m0/s1. The van der Waals surface area contributed by atoms with E-state index in [1.54, 1.807) is 24.3 Å². The highest BCUT2D eigenvalue weighted by atomic mass is 19.4. The number of anilines is 2. The Kier molecular flexibility index (Phi) is 5.43. The highest BCUT2D eigenvalue weighted by Gasteiger charge is 2.32. The summed E-state index contributed by atoms with van der Waals surface area (Å²) in [5.74, 6) is 0.432. The summed E-state index contributed by atoms with van der Waals surface area (Å²) in [7, 11) is 1.52. The van der Waals surface area contributed by atoms with Crippen LogP contribution in [0.3, 0.4) is 0 Å². The molecule has 1 aliphatic heterocycles. The number of methoxy groups -OCH3 is 1. The Labute approximate surface area is 159 Å². The fourth-order valence-corrected chi connectivity index (χ4v) is 2.96. The number of urea groups is 1. The first-order valence-corrected chi connectivity index (χ1v) is 8.45. The van der Waals surface area contributed by atoms with Gasteiger partial charge in [0.2, 0.25) is 5.91 Å². The maximum Gasteiger partial charge on any atom is 0.416 e. The van der Waals surface area contributed by atoms with Crippen LogP contribution in [-0.4, -0.2) is 31.6 Å². The molecule has 9 heteroatoms. The molecule has 0 radical (unpaired) electrons. The van der Waals surface area contributed by atoms with Crippen LogP contribution in [0.1, 0.15) is 12.0 Å². The third kappa shape index (κ3) is 4.54. The van der Waals surface area contributed by atoms with E-state index in [9.17, 15) is 22.8 Å². The number of alkyl halides is 3. The van der Waals surface area contributed by atoms with Gasteiger partial charge in [0.1, 0.15) is 5.75 Å². The van der Waals surface area contributed by atoms with Crippen molar-refractivity contribution in [2.24, 2.45) is 0 Å². The lowest BCUT2D eigenvalue weighted by molar-refractivity contribution is -0.137. The number of ether oxygens (including phenoxy) is 1. The van der Waals surface area contributed by atoms with Crippen molar-refractivity contribution in [1.29, 1.82) is 0 Å². The monoisotopic (exact) mass is 393 g/mol. The SMILES string of the molecule is COc1cccc(N2C[C@@H](NC(=O)Nc3cccc(C(F)(F)F)c3)CC2=O)c1. The van der Waals surface area contributed by atoms with Crippen LogP contribution in [0.5, 0.6) is 5.75 Å². The summed E-state index contributed by atoms with van der Waals surface area (Å²) in [6, 6.07) is 10.2. The van der Waals surface area contributed by atoms with Crippen LogP contribution in [0.15, 0.2) is 48.5 Å². The molecule has 1 heterocycles. The highest BCUT2D eigenvalue weighted by molar-refractivity contribution is 5.97. The van der Waals surface area contributed by atoms with E-state index >= 15 is 0 Å². The molecule has 1 fully saturated rings. The number of carbonyl (C=O) groups excluding carboxylic acids is 2. The van der Waals surface area contributed by atoms with Gasteiger partial charge in [-0.3, -0.25) is 4.79 Å². The Bertz CT molecular complexity index is 886. The normalized spacial score (nSPS) is 16.8. The molecule has 0 bridgehead atoms. The van der Waals surface area contributed by atoms with E-state index in [1.165, 1.54) is 24.1 Å². The number of nitrogens with zero attached hydrogens (tertiary/aromatic N) is 1. The number of halogens is 3. The van der Waals surface area contributed by atoms with Crippen molar-refractivity contribution in [3.63, 3.8) is 0 Å². The van der Waals surface area contributed by atoms with Gasteiger partial charge in [0, 0.05) is 30.4 Å². The average Bonchev–Trinajstić information content (AvgIpc) is 3.01. The van der Waals surface area contributed by atoms with Gasteiger partial charge in [-0.2, -0.15) is 13.2 Å². The lowest BCUT2D eigenvalue weighted by atomic mass is 10.2. The van der Waals surface area contributed by atoms with Crippen molar-refractivity contribution in [1.82, 2.24) is 5.32 Å². The van der Waals surface area contributed by atoms with Gasteiger partial charge in [0.25, 0.3) is 0 Å². The summed E-state index contributed by atoms with van der Waals surface area (Å²) < 4.78 is 43.4. The Morgan fingerprint density at radius 3 is 2.64 bits per heavy atom. The van der Waals surface area contributed by atoms with Crippen LogP contribution in [0.2, 0.25) is 0 Å². The lowest BCUT2D eigenvalue weighted by Gasteiger charge is -2.18. The van der Waals surface area contributed by atoms with Crippen molar-refractivity contribution in [2.75, 3.05) is 23.9 Å². The molecule has 2 N–H and O–H groups in total. The molecular formula is C19H18F3N3O3. The summed E-state index contributed by atoms with van der Waals surface area (Å²) in [6.45, 7) is 0.252. The largest absolute Gasteiger partial charge is 0.497 e. The molecule has 3 rings (SSSR count). The Morgan fingerprint density at radius 2 is 1.93 bits per heavy atom. The zero-order valence-corrected chi connectivity index (χ0v) is 14.9. The number of nitrogens with one attached hydrogen (secondary N) is 2. The predicted molar refractivity (Wildman–Crippen MR) is 97.4 cm³/mol. The Balaban J connectivity index is 1.62. The number of hydrogen-bond donors (Lipinski definition) is 2. The molecule has 0 unspecified atom stereocenters. The molecule has 1 saturated heterocycles. The first kappa shape index (κ1) is 19.5. The average molecular weight is 393 g/mol. The van der Waals surface area contributed by atoms with Crippen molar-refractivity contribution < 1.29 is 27.5 Å². The lowest BCUT2D eigenvalue weighted by Crippen LogP contribution is -2.39. The van der Waals surface area contributed by atoms with E-state index in [-0.39, 0.29) is 24.6 Å². The zero-order chi connectivity index (χ0) is 20.3. The van der Waals surface area contributed by atoms with Gasteiger partial charge in [-0.05, 0) is 30.3 Å². The second-order valence-electron chi connectivity index (χ2n) is 6.28. The molecule has 3 amide bonds. The van der Waals surface area contributed by atoms with E-state index < -0.39 is 23.8 Å². The number of benzene rings is 2. The van der Waals surface area contributed by atoms with Crippen molar-refractivity contribution in [2.45, 2.75) is 18.6 Å². The van der Waals surface area contributed by atoms with Gasteiger partial charge >= 0.3 is 12.2 Å². The minimum absolute atomic E-state index is 0.0151. The third-order valence-corrected chi connectivity index (χ3v) is 4.27. The molecule has 148 valence electrons. The molecule has 2 aromatic rings.